The average molecular weight is 360 g/mol. The molecule has 22 heavy (non-hydrogen) atoms. The van der Waals surface area contributed by atoms with Gasteiger partial charge in [-0.2, -0.15) is 5.10 Å². The molecule has 2 aromatic carbocycles. The summed E-state index contributed by atoms with van der Waals surface area (Å²) in [5.74, 6) is -0.690. The van der Waals surface area contributed by atoms with Crippen LogP contribution in [0.4, 0.5) is 0 Å². The Kier molecular flexibility index (Phi) is 5.85. The molecule has 0 saturated heterocycles. The molecule has 112 valence electrons. The summed E-state index contributed by atoms with van der Waals surface area (Å²) in [7, 11) is 0. The van der Waals surface area contributed by atoms with Gasteiger partial charge in [0.15, 0.2) is 0 Å². The molecule has 0 spiro atoms. The highest BCUT2D eigenvalue weighted by atomic mass is 79.9. The van der Waals surface area contributed by atoms with Crippen LogP contribution in [0.15, 0.2) is 64.2 Å². The van der Waals surface area contributed by atoms with Gasteiger partial charge in [0.05, 0.1) is 12.8 Å². The number of carbonyl (C=O) groups is 2. The van der Waals surface area contributed by atoms with Crippen molar-refractivity contribution in [2.75, 3.05) is 6.54 Å². The zero-order valence-corrected chi connectivity index (χ0v) is 13.2. The molecule has 0 unspecified atom stereocenters. The topological polar surface area (TPSA) is 70.6 Å². The number of rotatable bonds is 5. The highest BCUT2D eigenvalue weighted by Crippen LogP contribution is 2.08. The quantitative estimate of drug-likeness (QED) is 0.635. The Bertz CT molecular complexity index is 670. The summed E-state index contributed by atoms with van der Waals surface area (Å²) in [6.45, 7) is -0.134. The van der Waals surface area contributed by atoms with Crippen molar-refractivity contribution < 1.29 is 9.59 Å². The largest absolute Gasteiger partial charge is 0.343 e. The Balaban J connectivity index is 1.76. The second kappa shape index (κ2) is 8.09. The van der Waals surface area contributed by atoms with Crippen LogP contribution in [0.2, 0.25) is 0 Å². The van der Waals surface area contributed by atoms with Gasteiger partial charge >= 0.3 is 0 Å². The van der Waals surface area contributed by atoms with Gasteiger partial charge in [-0.25, -0.2) is 5.43 Å². The predicted molar refractivity (Wildman–Crippen MR) is 88.7 cm³/mol. The van der Waals surface area contributed by atoms with Crippen molar-refractivity contribution in [1.82, 2.24) is 10.7 Å². The van der Waals surface area contributed by atoms with Crippen molar-refractivity contribution in [3.05, 3.63) is 70.2 Å². The Morgan fingerprint density at radius 2 is 1.73 bits per heavy atom. The Hall–Kier alpha value is -2.47. The Labute approximate surface area is 136 Å². The van der Waals surface area contributed by atoms with Crippen molar-refractivity contribution in [2.45, 2.75) is 0 Å². The first-order valence-corrected chi connectivity index (χ1v) is 7.35. The fraction of sp³-hybridized carbons (Fsp3) is 0.0625. The SMILES string of the molecule is O=C(CNC(=O)c1ccccc1)N/N=C\c1ccc(Br)cc1. The van der Waals surface area contributed by atoms with Crippen LogP contribution in [0, 0.1) is 0 Å². The van der Waals surface area contributed by atoms with Gasteiger partial charge in [-0.3, -0.25) is 9.59 Å². The minimum absolute atomic E-state index is 0.134. The minimum Gasteiger partial charge on any atom is -0.343 e. The number of hydrogen-bond acceptors (Lipinski definition) is 3. The molecular formula is C16H14BrN3O2. The van der Waals surface area contributed by atoms with Crippen molar-refractivity contribution in [1.29, 1.82) is 0 Å². The average Bonchev–Trinajstić information content (AvgIpc) is 2.55. The van der Waals surface area contributed by atoms with Gasteiger partial charge in [0, 0.05) is 10.0 Å². The second-order valence-corrected chi connectivity index (χ2v) is 5.31. The number of nitrogens with zero attached hydrogens (tertiary/aromatic N) is 1. The first kappa shape index (κ1) is 15.9. The lowest BCUT2D eigenvalue weighted by atomic mass is 10.2. The molecule has 2 amide bonds. The van der Waals surface area contributed by atoms with Gasteiger partial charge in [0.25, 0.3) is 11.8 Å². The van der Waals surface area contributed by atoms with Crippen LogP contribution in [-0.4, -0.2) is 24.6 Å². The van der Waals surface area contributed by atoms with Gasteiger partial charge in [0.1, 0.15) is 0 Å². The molecule has 0 aliphatic rings. The van der Waals surface area contributed by atoms with Crippen LogP contribution < -0.4 is 10.7 Å². The van der Waals surface area contributed by atoms with E-state index in [0.717, 1.165) is 10.0 Å². The van der Waals surface area contributed by atoms with Crippen LogP contribution in [0.1, 0.15) is 15.9 Å². The maximum Gasteiger partial charge on any atom is 0.259 e. The molecule has 0 atom stereocenters. The standard InChI is InChI=1S/C16H14BrN3O2/c17-14-8-6-12(7-9-14)10-19-20-15(21)11-18-16(22)13-4-2-1-3-5-13/h1-10H,11H2,(H,18,22)(H,20,21)/b19-10-. The Morgan fingerprint density at radius 1 is 1.05 bits per heavy atom. The molecule has 2 aromatic rings. The molecule has 0 heterocycles. The molecule has 0 aliphatic heterocycles. The fourth-order valence-electron chi connectivity index (χ4n) is 1.62. The van der Waals surface area contributed by atoms with Gasteiger partial charge in [-0.15, -0.1) is 0 Å². The second-order valence-electron chi connectivity index (χ2n) is 4.39. The monoisotopic (exact) mass is 359 g/mol. The molecule has 2 N–H and O–H groups in total. The molecule has 0 radical (unpaired) electrons. The molecule has 0 aromatic heterocycles. The van der Waals surface area contributed by atoms with Crippen molar-refractivity contribution in [3.63, 3.8) is 0 Å². The number of hydrogen-bond donors (Lipinski definition) is 2. The van der Waals surface area contributed by atoms with E-state index in [9.17, 15) is 9.59 Å². The van der Waals surface area contributed by atoms with E-state index in [2.05, 4.69) is 31.8 Å². The Morgan fingerprint density at radius 3 is 2.41 bits per heavy atom. The van der Waals surface area contributed by atoms with Crippen LogP contribution in [0.3, 0.4) is 0 Å². The summed E-state index contributed by atoms with van der Waals surface area (Å²) < 4.78 is 0.970. The predicted octanol–water partition coefficient (Wildman–Crippen LogP) is 2.33. The summed E-state index contributed by atoms with van der Waals surface area (Å²) in [5.41, 5.74) is 3.72. The normalized spacial score (nSPS) is 10.4. The van der Waals surface area contributed by atoms with Crippen LogP contribution in [0.5, 0.6) is 0 Å². The number of benzene rings is 2. The summed E-state index contributed by atoms with van der Waals surface area (Å²) in [4.78, 5) is 23.3. The number of amides is 2. The smallest absolute Gasteiger partial charge is 0.259 e. The van der Waals surface area contributed by atoms with Crippen LogP contribution in [0.25, 0.3) is 0 Å². The highest BCUT2D eigenvalue weighted by molar-refractivity contribution is 9.10. The minimum atomic E-state index is -0.391. The van der Waals surface area contributed by atoms with E-state index in [1.807, 2.05) is 30.3 Å². The van der Waals surface area contributed by atoms with Gasteiger partial charge in [-0.1, -0.05) is 46.3 Å². The van der Waals surface area contributed by atoms with E-state index in [4.69, 9.17) is 0 Å². The molecule has 6 heteroatoms. The van der Waals surface area contributed by atoms with E-state index in [1.54, 1.807) is 24.3 Å². The van der Waals surface area contributed by atoms with Gasteiger partial charge in [0.2, 0.25) is 0 Å². The van der Waals surface area contributed by atoms with E-state index in [1.165, 1.54) is 6.21 Å². The first-order chi connectivity index (χ1) is 10.6. The lowest BCUT2D eigenvalue weighted by Crippen LogP contribution is -2.34. The lowest BCUT2D eigenvalue weighted by molar-refractivity contribution is -0.120. The molecule has 0 saturated carbocycles. The molecular weight excluding hydrogens is 346 g/mol. The van der Waals surface area contributed by atoms with E-state index < -0.39 is 5.91 Å². The number of halogens is 1. The fourth-order valence-corrected chi connectivity index (χ4v) is 1.88. The zero-order chi connectivity index (χ0) is 15.8. The molecule has 2 rings (SSSR count). The number of carbonyl (C=O) groups excluding carboxylic acids is 2. The van der Waals surface area contributed by atoms with Crippen molar-refractivity contribution in [3.8, 4) is 0 Å². The van der Waals surface area contributed by atoms with E-state index >= 15 is 0 Å². The maximum atomic E-state index is 11.7. The third-order valence-electron chi connectivity index (χ3n) is 2.72. The summed E-state index contributed by atoms with van der Waals surface area (Å²) in [6.07, 6.45) is 1.53. The summed E-state index contributed by atoms with van der Waals surface area (Å²) in [5, 5.41) is 6.35. The number of nitrogens with one attached hydrogen (secondary N) is 2. The van der Waals surface area contributed by atoms with E-state index in [0.29, 0.717) is 5.56 Å². The first-order valence-electron chi connectivity index (χ1n) is 6.56. The van der Waals surface area contributed by atoms with Crippen LogP contribution in [-0.2, 0) is 4.79 Å². The zero-order valence-electron chi connectivity index (χ0n) is 11.6. The number of hydrazone groups is 1. The van der Waals surface area contributed by atoms with Crippen molar-refractivity contribution in [2.24, 2.45) is 5.10 Å². The van der Waals surface area contributed by atoms with E-state index in [-0.39, 0.29) is 12.5 Å². The summed E-state index contributed by atoms with van der Waals surface area (Å²) in [6, 6.07) is 16.2. The van der Waals surface area contributed by atoms with Crippen molar-refractivity contribution >= 4 is 34.0 Å². The third-order valence-corrected chi connectivity index (χ3v) is 3.25. The maximum absolute atomic E-state index is 11.7. The third kappa shape index (κ3) is 5.14. The molecule has 0 bridgehead atoms. The van der Waals surface area contributed by atoms with Gasteiger partial charge in [-0.05, 0) is 29.8 Å². The van der Waals surface area contributed by atoms with Gasteiger partial charge < -0.3 is 5.32 Å². The summed E-state index contributed by atoms with van der Waals surface area (Å²) >= 11 is 3.34. The van der Waals surface area contributed by atoms with Crippen LogP contribution >= 0.6 is 15.9 Å². The molecule has 0 aliphatic carbocycles. The molecule has 0 fully saturated rings. The lowest BCUT2D eigenvalue weighted by Gasteiger charge is -2.03. The molecule has 5 nitrogen and oxygen atoms in total. The highest BCUT2D eigenvalue weighted by Gasteiger charge is 2.06.